The fourth-order valence-electron chi connectivity index (χ4n) is 3.57. The molecule has 2 aromatic heterocycles. The summed E-state index contributed by atoms with van der Waals surface area (Å²) in [6.45, 7) is 3.18. The molecule has 1 unspecified atom stereocenters. The number of hydrogen-bond acceptors (Lipinski definition) is 6. The molecule has 2 aliphatic heterocycles. The number of ether oxygens (including phenoxy) is 1. The van der Waals surface area contributed by atoms with Gasteiger partial charge in [0.15, 0.2) is 0 Å². The van der Waals surface area contributed by atoms with E-state index < -0.39 is 0 Å². The highest BCUT2D eigenvalue weighted by Crippen LogP contribution is 2.26. The first-order valence-electron chi connectivity index (χ1n) is 9.16. The van der Waals surface area contributed by atoms with Gasteiger partial charge in [0.25, 0.3) is 5.91 Å². The number of amides is 1. The first-order chi connectivity index (χ1) is 12.8. The molecule has 1 atom stereocenters. The van der Waals surface area contributed by atoms with E-state index in [4.69, 9.17) is 9.72 Å². The van der Waals surface area contributed by atoms with Crippen LogP contribution in [0.15, 0.2) is 36.8 Å². The van der Waals surface area contributed by atoms with E-state index in [-0.39, 0.29) is 11.9 Å². The largest absolute Gasteiger partial charge is 0.381 e. The summed E-state index contributed by atoms with van der Waals surface area (Å²) in [6, 6.07) is 5.56. The molecule has 2 aromatic rings. The van der Waals surface area contributed by atoms with Crippen molar-refractivity contribution in [1.82, 2.24) is 20.3 Å². The van der Waals surface area contributed by atoms with Crippen LogP contribution < -0.4 is 10.2 Å². The molecule has 136 valence electrons. The van der Waals surface area contributed by atoms with Gasteiger partial charge in [-0.1, -0.05) is 0 Å². The topological polar surface area (TPSA) is 80.2 Å². The second-order valence-corrected chi connectivity index (χ2v) is 6.81. The van der Waals surface area contributed by atoms with E-state index in [2.05, 4.69) is 20.2 Å². The molecule has 7 nitrogen and oxygen atoms in total. The average Bonchev–Trinajstić information content (AvgIpc) is 3.18. The van der Waals surface area contributed by atoms with E-state index in [0.717, 1.165) is 57.2 Å². The third-order valence-electron chi connectivity index (χ3n) is 5.05. The van der Waals surface area contributed by atoms with Crippen LogP contribution in [0.1, 0.15) is 41.2 Å². The fourth-order valence-corrected chi connectivity index (χ4v) is 3.57. The fraction of sp³-hybridized carbons (Fsp3) is 0.474. The monoisotopic (exact) mass is 353 g/mol. The van der Waals surface area contributed by atoms with Gasteiger partial charge < -0.3 is 15.0 Å². The van der Waals surface area contributed by atoms with Crippen molar-refractivity contribution in [3.05, 3.63) is 48.0 Å². The Bertz CT molecular complexity index is 749. The molecule has 1 amide bonds. The van der Waals surface area contributed by atoms with Crippen molar-refractivity contribution in [1.29, 1.82) is 0 Å². The van der Waals surface area contributed by atoms with E-state index in [1.165, 1.54) is 0 Å². The van der Waals surface area contributed by atoms with E-state index >= 15 is 0 Å². The molecule has 7 heteroatoms. The zero-order chi connectivity index (χ0) is 17.8. The standard InChI is InChI=1S/C19H23N5O2/c25-18(15-1-7-20-8-2-15)22-16-4-10-24(13-16)19-21-9-3-17(23-19)14-5-11-26-12-6-14/h1-3,7-9,14,16H,4-6,10-13H2,(H,22,25). The van der Waals surface area contributed by atoms with Crippen LogP contribution in [0.25, 0.3) is 0 Å². The summed E-state index contributed by atoms with van der Waals surface area (Å²) in [7, 11) is 0. The smallest absolute Gasteiger partial charge is 0.251 e. The molecule has 0 radical (unpaired) electrons. The Balaban J connectivity index is 1.38. The van der Waals surface area contributed by atoms with Crippen LogP contribution in [-0.4, -0.2) is 53.2 Å². The summed E-state index contributed by atoms with van der Waals surface area (Å²) in [5.41, 5.74) is 1.73. The Morgan fingerprint density at radius 2 is 1.92 bits per heavy atom. The Hall–Kier alpha value is -2.54. The highest BCUT2D eigenvalue weighted by molar-refractivity contribution is 5.94. The number of nitrogens with one attached hydrogen (secondary N) is 1. The molecular weight excluding hydrogens is 330 g/mol. The van der Waals surface area contributed by atoms with Crippen molar-refractivity contribution in [3.8, 4) is 0 Å². The molecule has 0 bridgehead atoms. The molecule has 4 rings (SSSR count). The zero-order valence-corrected chi connectivity index (χ0v) is 14.7. The van der Waals surface area contributed by atoms with Gasteiger partial charge in [-0.15, -0.1) is 0 Å². The maximum absolute atomic E-state index is 12.3. The minimum atomic E-state index is -0.0591. The molecule has 0 aliphatic carbocycles. The number of hydrogen-bond donors (Lipinski definition) is 1. The van der Waals surface area contributed by atoms with E-state index in [1.807, 2.05) is 12.3 Å². The van der Waals surface area contributed by atoms with Crippen molar-refractivity contribution in [3.63, 3.8) is 0 Å². The lowest BCUT2D eigenvalue weighted by atomic mass is 9.96. The third-order valence-corrected chi connectivity index (χ3v) is 5.05. The molecule has 1 N–H and O–H groups in total. The van der Waals surface area contributed by atoms with Gasteiger partial charge in [-0.05, 0) is 37.5 Å². The van der Waals surface area contributed by atoms with Gasteiger partial charge in [0.1, 0.15) is 0 Å². The SMILES string of the molecule is O=C(NC1CCN(c2nccc(C3CCOCC3)n2)C1)c1ccncc1. The average molecular weight is 353 g/mol. The van der Waals surface area contributed by atoms with Crippen LogP contribution in [-0.2, 0) is 4.74 Å². The Morgan fingerprint density at radius 1 is 1.12 bits per heavy atom. The Labute approximate surface area is 152 Å². The van der Waals surface area contributed by atoms with Crippen molar-refractivity contribution >= 4 is 11.9 Å². The lowest BCUT2D eigenvalue weighted by Gasteiger charge is -2.23. The summed E-state index contributed by atoms with van der Waals surface area (Å²) in [6.07, 6.45) is 8.02. The van der Waals surface area contributed by atoms with E-state index in [9.17, 15) is 4.79 Å². The number of carbonyl (C=O) groups is 1. The molecule has 0 aromatic carbocycles. The van der Waals surface area contributed by atoms with Gasteiger partial charge in [0.05, 0.1) is 0 Å². The van der Waals surface area contributed by atoms with Gasteiger partial charge in [-0.25, -0.2) is 9.97 Å². The number of rotatable bonds is 4. The van der Waals surface area contributed by atoms with Crippen molar-refractivity contribution in [2.45, 2.75) is 31.2 Å². The van der Waals surface area contributed by atoms with Crippen molar-refractivity contribution < 1.29 is 9.53 Å². The molecule has 0 saturated carbocycles. The summed E-state index contributed by atoms with van der Waals surface area (Å²) in [5, 5.41) is 3.09. The summed E-state index contributed by atoms with van der Waals surface area (Å²) < 4.78 is 5.44. The number of pyridine rings is 1. The normalized spacial score (nSPS) is 20.9. The minimum Gasteiger partial charge on any atom is -0.381 e. The first kappa shape index (κ1) is 16.9. The molecular formula is C19H23N5O2. The van der Waals surface area contributed by atoms with Crippen LogP contribution in [0.2, 0.25) is 0 Å². The second kappa shape index (κ2) is 7.78. The Kier molecular flexibility index (Phi) is 5.06. The van der Waals surface area contributed by atoms with Gasteiger partial charge in [-0.3, -0.25) is 9.78 Å². The van der Waals surface area contributed by atoms with Crippen LogP contribution in [0, 0.1) is 0 Å². The molecule has 26 heavy (non-hydrogen) atoms. The van der Waals surface area contributed by atoms with Crippen LogP contribution >= 0.6 is 0 Å². The van der Waals surface area contributed by atoms with E-state index in [1.54, 1.807) is 24.5 Å². The molecule has 2 aliphatic rings. The highest BCUT2D eigenvalue weighted by atomic mass is 16.5. The Morgan fingerprint density at radius 3 is 2.73 bits per heavy atom. The summed E-state index contributed by atoms with van der Waals surface area (Å²) in [5.74, 6) is 1.15. The predicted molar refractivity (Wildman–Crippen MR) is 97.1 cm³/mol. The maximum atomic E-state index is 12.3. The van der Waals surface area contributed by atoms with Crippen molar-refractivity contribution in [2.24, 2.45) is 0 Å². The third kappa shape index (κ3) is 3.83. The molecule has 2 saturated heterocycles. The van der Waals surface area contributed by atoms with Gasteiger partial charge in [0, 0.05) is 68.1 Å². The zero-order valence-electron chi connectivity index (χ0n) is 14.7. The second-order valence-electron chi connectivity index (χ2n) is 6.81. The quantitative estimate of drug-likeness (QED) is 0.902. The van der Waals surface area contributed by atoms with Crippen LogP contribution in [0.4, 0.5) is 5.95 Å². The summed E-state index contributed by atoms with van der Waals surface area (Å²) >= 11 is 0. The van der Waals surface area contributed by atoms with Gasteiger partial charge >= 0.3 is 0 Å². The van der Waals surface area contributed by atoms with Crippen LogP contribution in [0.5, 0.6) is 0 Å². The first-order valence-corrected chi connectivity index (χ1v) is 9.16. The summed E-state index contributed by atoms with van der Waals surface area (Å²) in [4.78, 5) is 27.6. The van der Waals surface area contributed by atoms with Gasteiger partial charge in [-0.2, -0.15) is 0 Å². The molecule has 4 heterocycles. The van der Waals surface area contributed by atoms with E-state index in [0.29, 0.717) is 11.5 Å². The number of nitrogens with zero attached hydrogens (tertiary/aromatic N) is 4. The maximum Gasteiger partial charge on any atom is 0.251 e. The lowest BCUT2D eigenvalue weighted by molar-refractivity contribution is 0.0845. The molecule has 0 spiro atoms. The lowest BCUT2D eigenvalue weighted by Crippen LogP contribution is -2.37. The number of aromatic nitrogens is 3. The minimum absolute atomic E-state index is 0.0591. The number of carbonyl (C=O) groups excluding carboxylic acids is 1. The highest BCUT2D eigenvalue weighted by Gasteiger charge is 2.27. The molecule has 2 fully saturated rings. The predicted octanol–water partition coefficient (Wildman–Crippen LogP) is 1.77. The van der Waals surface area contributed by atoms with Crippen LogP contribution in [0.3, 0.4) is 0 Å². The van der Waals surface area contributed by atoms with Crippen molar-refractivity contribution in [2.75, 3.05) is 31.2 Å². The number of anilines is 1. The van der Waals surface area contributed by atoms with Gasteiger partial charge in [0.2, 0.25) is 5.95 Å².